The van der Waals surface area contributed by atoms with Crippen molar-refractivity contribution in [1.29, 1.82) is 0 Å². The Kier molecular flexibility index (Phi) is 10.7. The van der Waals surface area contributed by atoms with Crippen molar-refractivity contribution in [1.82, 2.24) is 0 Å². The van der Waals surface area contributed by atoms with Crippen LogP contribution in [0.3, 0.4) is 0 Å². The predicted molar refractivity (Wildman–Crippen MR) is 112 cm³/mol. The van der Waals surface area contributed by atoms with Gasteiger partial charge in [0.25, 0.3) is 0 Å². The number of ether oxygens (including phenoxy) is 2. The number of carbonyl (C=O) groups is 2. The maximum Gasteiger partial charge on any atom is 0.339 e. The van der Waals surface area contributed by atoms with E-state index < -0.39 is 11.9 Å². The lowest BCUT2D eigenvalue weighted by atomic mass is 10.0. The maximum absolute atomic E-state index is 12.6. The third-order valence-corrected chi connectivity index (χ3v) is 5.06. The van der Waals surface area contributed by atoms with E-state index in [9.17, 15) is 9.59 Å². The summed E-state index contributed by atoms with van der Waals surface area (Å²) in [5, 5.41) is 0. The van der Waals surface area contributed by atoms with E-state index in [-0.39, 0.29) is 11.1 Å². The molecule has 0 heterocycles. The number of aryl methyl sites for hydroxylation is 1. The van der Waals surface area contributed by atoms with Gasteiger partial charge in [-0.2, -0.15) is 0 Å². The van der Waals surface area contributed by atoms with Crippen LogP contribution >= 0.6 is 15.9 Å². The van der Waals surface area contributed by atoms with E-state index in [2.05, 4.69) is 43.6 Å². The number of hydrogen-bond acceptors (Lipinski definition) is 4. The first-order valence-electron chi connectivity index (χ1n) is 9.92. The summed E-state index contributed by atoms with van der Waals surface area (Å²) < 4.78 is 11.6. The quantitative estimate of drug-likeness (QED) is 0.303. The second-order valence-corrected chi connectivity index (χ2v) is 8.54. The van der Waals surface area contributed by atoms with Crippen LogP contribution in [0.15, 0.2) is 16.6 Å². The average molecular weight is 441 g/mol. The predicted octanol–water partition coefficient (Wildman–Crippen LogP) is 6.20. The summed E-state index contributed by atoms with van der Waals surface area (Å²) in [4.78, 5) is 25.1. The molecule has 27 heavy (non-hydrogen) atoms. The highest BCUT2D eigenvalue weighted by molar-refractivity contribution is 9.10. The SMILES string of the molecule is CCc1cc(C(=O)OCCCC(C)C)c(C(=O)OCCCC(C)C)cc1Br. The second kappa shape index (κ2) is 12.2. The van der Waals surface area contributed by atoms with Crippen molar-refractivity contribution >= 4 is 27.9 Å². The Morgan fingerprint density at radius 1 is 0.889 bits per heavy atom. The van der Waals surface area contributed by atoms with Crippen LogP contribution in [0.2, 0.25) is 0 Å². The minimum absolute atomic E-state index is 0.262. The standard InChI is InChI=1S/C22H33BrO4/c1-6-17-13-18(21(24)26-11-7-9-15(2)3)19(14-20(17)23)22(25)27-12-8-10-16(4)5/h13-16H,6-12H2,1-5H3. The summed E-state index contributed by atoms with van der Waals surface area (Å²) in [6.45, 7) is 11.3. The fourth-order valence-corrected chi connectivity index (χ4v) is 3.32. The molecule has 0 unspecified atom stereocenters. The highest BCUT2D eigenvalue weighted by Gasteiger charge is 2.22. The molecule has 0 aromatic heterocycles. The van der Waals surface area contributed by atoms with E-state index in [1.807, 2.05) is 6.92 Å². The van der Waals surface area contributed by atoms with Crippen molar-refractivity contribution in [3.63, 3.8) is 0 Å². The lowest BCUT2D eigenvalue weighted by molar-refractivity contribution is 0.0447. The smallest absolute Gasteiger partial charge is 0.339 e. The Morgan fingerprint density at radius 2 is 1.33 bits per heavy atom. The summed E-state index contributed by atoms with van der Waals surface area (Å²) in [7, 11) is 0. The molecule has 0 radical (unpaired) electrons. The molecule has 0 spiro atoms. The molecule has 0 atom stereocenters. The lowest BCUT2D eigenvalue weighted by Gasteiger charge is -2.13. The van der Waals surface area contributed by atoms with Crippen LogP contribution < -0.4 is 0 Å². The number of hydrogen-bond donors (Lipinski definition) is 0. The van der Waals surface area contributed by atoms with Crippen LogP contribution in [0.5, 0.6) is 0 Å². The molecule has 1 aromatic carbocycles. The van der Waals surface area contributed by atoms with E-state index in [0.29, 0.717) is 25.0 Å². The summed E-state index contributed by atoms with van der Waals surface area (Å²) >= 11 is 3.48. The van der Waals surface area contributed by atoms with Crippen LogP contribution in [0.4, 0.5) is 0 Å². The second-order valence-electron chi connectivity index (χ2n) is 7.69. The molecule has 5 heteroatoms. The topological polar surface area (TPSA) is 52.6 Å². The van der Waals surface area contributed by atoms with E-state index >= 15 is 0 Å². The molecule has 1 rings (SSSR count). The van der Waals surface area contributed by atoms with Crippen LogP contribution in [0.25, 0.3) is 0 Å². The van der Waals surface area contributed by atoms with Gasteiger partial charge in [0.1, 0.15) is 0 Å². The molecule has 0 saturated heterocycles. The van der Waals surface area contributed by atoms with Crippen LogP contribution in [0.1, 0.15) is 86.6 Å². The minimum atomic E-state index is -0.476. The van der Waals surface area contributed by atoms with E-state index in [4.69, 9.17) is 9.47 Å². The molecule has 0 amide bonds. The molecular weight excluding hydrogens is 408 g/mol. The Bertz CT molecular complexity index is 623. The monoisotopic (exact) mass is 440 g/mol. The van der Waals surface area contributed by atoms with Gasteiger partial charge in [-0.05, 0) is 61.6 Å². The number of carbonyl (C=O) groups excluding carboxylic acids is 2. The van der Waals surface area contributed by atoms with Gasteiger partial charge in [-0.15, -0.1) is 0 Å². The summed E-state index contributed by atoms with van der Waals surface area (Å²) in [6, 6.07) is 3.41. The highest BCUT2D eigenvalue weighted by atomic mass is 79.9. The Morgan fingerprint density at radius 3 is 1.74 bits per heavy atom. The van der Waals surface area contributed by atoms with Crippen LogP contribution in [-0.2, 0) is 15.9 Å². The van der Waals surface area contributed by atoms with E-state index in [0.717, 1.165) is 42.1 Å². The zero-order chi connectivity index (χ0) is 20.4. The van der Waals surface area contributed by atoms with Crippen LogP contribution in [0, 0.1) is 11.8 Å². The number of esters is 2. The molecule has 4 nitrogen and oxygen atoms in total. The molecule has 1 aromatic rings. The zero-order valence-electron chi connectivity index (χ0n) is 17.3. The molecule has 0 fully saturated rings. The molecule has 0 aliphatic heterocycles. The number of rotatable bonds is 11. The fraction of sp³-hybridized carbons (Fsp3) is 0.636. The van der Waals surface area contributed by atoms with Crippen molar-refractivity contribution in [2.75, 3.05) is 13.2 Å². The normalized spacial score (nSPS) is 11.1. The van der Waals surface area contributed by atoms with Crippen molar-refractivity contribution < 1.29 is 19.1 Å². The van der Waals surface area contributed by atoms with Crippen molar-refractivity contribution in [3.8, 4) is 0 Å². The van der Waals surface area contributed by atoms with E-state index in [1.165, 1.54) is 0 Å². The first kappa shape index (κ1) is 23.7. The molecule has 0 N–H and O–H groups in total. The lowest BCUT2D eigenvalue weighted by Crippen LogP contribution is -2.16. The molecular formula is C22H33BrO4. The number of halogens is 1. The number of benzene rings is 1. The summed E-state index contributed by atoms with van der Waals surface area (Å²) in [6.07, 6.45) is 4.37. The largest absolute Gasteiger partial charge is 0.462 e. The van der Waals surface area contributed by atoms with Gasteiger partial charge < -0.3 is 9.47 Å². The summed E-state index contributed by atoms with van der Waals surface area (Å²) in [5.41, 5.74) is 1.51. The Balaban J connectivity index is 2.87. The fourth-order valence-electron chi connectivity index (χ4n) is 2.70. The third-order valence-electron chi connectivity index (χ3n) is 4.33. The van der Waals surface area contributed by atoms with Gasteiger partial charge >= 0.3 is 11.9 Å². The summed E-state index contributed by atoms with van der Waals surface area (Å²) in [5.74, 6) is 0.198. The van der Waals surface area contributed by atoms with Gasteiger partial charge in [-0.25, -0.2) is 9.59 Å². The average Bonchev–Trinajstić information content (AvgIpc) is 2.61. The first-order valence-corrected chi connectivity index (χ1v) is 10.7. The molecule has 0 aliphatic carbocycles. The molecule has 0 bridgehead atoms. The molecule has 152 valence electrons. The van der Waals surface area contributed by atoms with Gasteiger partial charge in [0.15, 0.2) is 0 Å². The molecule has 0 saturated carbocycles. The maximum atomic E-state index is 12.6. The van der Waals surface area contributed by atoms with Gasteiger partial charge in [-0.3, -0.25) is 0 Å². The van der Waals surface area contributed by atoms with Gasteiger partial charge in [-0.1, -0.05) is 50.5 Å². The third kappa shape index (κ3) is 8.46. The van der Waals surface area contributed by atoms with Crippen molar-refractivity contribution in [2.45, 2.75) is 66.7 Å². The molecule has 0 aliphatic rings. The highest BCUT2D eigenvalue weighted by Crippen LogP contribution is 2.24. The zero-order valence-corrected chi connectivity index (χ0v) is 18.9. The van der Waals surface area contributed by atoms with Crippen molar-refractivity contribution in [3.05, 3.63) is 33.3 Å². The van der Waals surface area contributed by atoms with Gasteiger partial charge in [0.05, 0.1) is 24.3 Å². The van der Waals surface area contributed by atoms with Crippen molar-refractivity contribution in [2.24, 2.45) is 11.8 Å². The Hall–Kier alpha value is -1.36. The minimum Gasteiger partial charge on any atom is -0.462 e. The van der Waals surface area contributed by atoms with Crippen LogP contribution in [-0.4, -0.2) is 25.2 Å². The first-order chi connectivity index (χ1) is 12.8. The van der Waals surface area contributed by atoms with Gasteiger partial charge in [0, 0.05) is 4.47 Å². The Labute approximate surface area is 172 Å². The van der Waals surface area contributed by atoms with Gasteiger partial charge in [0.2, 0.25) is 0 Å². The van der Waals surface area contributed by atoms with E-state index in [1.54, 1.807) is 12.1 Å².